The van der Waals surface area contributed by atoms with Gasteiger partial charge in [0.05, 0.1) is 12.5 Å². The zero-order chi connectivity index (χ0) is 16.8. The molecule has 1 aromatic rings. The maximum absolute atomic E-state index is 12.5. The fourth-order valence-electron chi connectivity index (χ4n) is 2.98. The predicted octanol–water partition coefficient (Wildman–Crippen LogP) is 1.51. The summed E-state index contributed by atoms with van der Waals surface area (Å²) in [6.45, 7) is 8.90. The molecule has 1 aromatic heterocycles. The van der Waals surface area contributed by atoms with Gasteiger partial charge in [0.1, 0.15) is 5.82 Å². The van der Waals surface area contributed by atoms with Crippen molar-refractivity contribution >= 4 is 11.9 Å². The molecule has 128 valence electrons. The van der Waals surface area contributed by atoms with Crippen molar-refractivity contribution in [2.45, 2.75) is 40.2 Å². The molecule has 1 unspecified atom stereocenters. The molecular weight excluding hydrogens is 294 g/mol. The number of rotatable bonds is 5. The molecule has 1 aliphatic rings. The minimum absolute atomic E-state index is 0.0831. The number of aryl methyl sites for hydroxylation is 1. The van der Waals surface area contributed by atoms with Gasteiger partial charge in [0.25, 0.3) is 0 Å². The second kappa shape index (κ2) is 7.99. The number of hydrogen-bond acceptors (Lipinski definition) is 3. The Morgan fingerprint density at radius 3 is 2.78 bits per heavy atom. The normalized spacial score (nSPS) is 17.9. The Balaban J connectivity index is 1.87. The average Bonchev–Trinajstić information content (AvgIpc) is 2.99. The van der Waals surface area contributed by atoms with Gasteiger partial charge in [-0.2, -0.15) is 0 Å². The van der Waals surface area contributed by atoms with Crippen LogP contribution in [-0.4, -0.2) is 57.9 Å². The summed E-state index contributed by atoms with van der Waals surface area (Å²) >= 11 is 0. The third-order valence-corrected chi connectivity index (χ3v) is 4.30. The number of nitrogens with zero attached hydrogens (tertiary/aromatic N) is 3. The minimum atomic E-state index is -0.129. The number of likely N-dealkylation sites (tertiary alicyclic amines) is 1. The van der Waals surface area contributed by atoms with Crippen LogP contribution in [0.4, 0.5) is 4.79 Å². The summed E-state index contributed by atoms with van der Waals surface area (Å²) in [6.07, 6.45) is 3.46. The van der Waals surface area contributed by atoms with Crippen molar-refractivity contribution in [3.05, 3.63) is 17.7 Å². The Labute approximate surface area is 137 Å². The van der Waals surface area contributed by atoms with Crippen LogP contribution in [0.15, 0.2) is 6.20 Å². The van der Waals surface area contributed by atoms with E-state index in [2.05, 4.69) is 15.3 Å². The molecule has 0 aliphatic carbocycles. The Morgan fingerprint density at radius 1 is 1.43 bits per heavy atom. The molecule has 2 N–H and O–H groups in total. The van der Waals surface area contributed by atoms with E-state index in [0.29, 0.717) is 19.6 Å². The van der Waals surface area contributed by atoms with Gasteiger partial charge in [-0.3, -0.25) is 4.79 Å². The van der Waals surface area contributed by atoms with Crippen molar-refractivity contribution in [1.29, 1.82) is 0 Å². The number of amides is 3. The quantitative estimate of drug-likeness (QED) is 0.862. The summed E-state index contributed by atoms with van der Waals surface area (Å²) < 4.78 is 0. The number of piperidine rings is 1. The standard InChI is InChI=1S/C16H27N5O2/c1-4-20(5-2)15(22)13-7-6-8-21(11-13)16(23)18-10-14-17-9-12(3)19-14/h9,13H,4-8,10-11H2,1-3H3,(H,17,19)(H,18,23). The van der Waals surface area contributed by atoms with E-state index in [9.17, 15) is 9.59 Å². The van der Waals surface area contributed by atoms with Crippen molar-refractivity contribution in [3.8, 4) is 0 Å². The molecule has 7 heteroatoms. The minimum Gasteiger partial charge on any atom is -0.345 e. The van der Waals surface area contributed by atoms with Gasteiger partial charge in [-0.05, 0) is 33.6 Å². The highest BCUT2D eigenvalue weighted by molar-refractivity contribution is 5.81. The monoisotopic (exact) mass is 321 g/mol. The number of carbonyl (C=O) groups is 2. The molecule has 0 radical (unpaired) electrons. The number of hydrogen-bond donors (Lipinski definition) is 2. The highest BCUT2D eigenvalue weighted by atomic mass is 16.2. The lowest BCUT2D eigenvalue weighted by Gasteiger charge is -2.34. The second-order valence-corrected chi connectivity index (χ2v) is 5.97. The van der Waals surface area contributed by atoms with Crippen molar-refractivity contribution in [3.63, 3.8) is 0 Å². The van der Waals surface area contributed by atoms with E-state index in [1.807, 2.05) is 25.7 Å². The first-order chi connectivity index (χ1) is 11.0. The van der Waals surface area contributed by atoms with Crippen LogP contribution in [0.1, 0.15) is 38.2 Å². The van der Waals surface area contributed by atoms with E-state index in [4.69, 9.17) is 0 Å². The smallest absolute Gasteiger partial charge is 0.317 e. The number of urea groups is 1. The van der Waals surface area contributed by atoms with Crippen LogP contribution in [0.3, 0.4) is 0 Å². The maximum Gasteiger partial charge on any atom is 0.317 e. The van der Waals surface area contributed by atoms with E-state index in [1.54, 1.807) is 11.1 Å². The van der Waals surface area contributed by atoms with Gasteiger partial charge in [-0.25, -0.2) is 9.78 Å². The molecule has 7 nitrogen and oxygen atoms in total. The van der Waals surface area contributed by atoms with Gasteiger partial charge in [0.15, 0.2) is 0 Å². The molecule has 0 saturated carbocycles. The number of imidazole rings is 1. The molecular formula is C16H27N5O2. The number of aromatic amines is 1. The lowest BCUT2D eigenvalue weighted by atomic mass is 9.96. The van der Waals surface area contributed by atoms with E-state index in [1.165, 1.54) is 0 Å². The van der Waals surface area contributed by atoms with Crippen LogP contribution in [0.2, 0.25) is 0 Å². The van der Waals surface area contributed by atoms with Crippen LogP contribution >= 0.6 is 0 Å². The molecule has 1 aliphatic heterocycles. The molecule has 2 heterocycles. The molecule has 1 fully saturated rings. The number of carbonyl (C=O) groups excluding carboxylic acids is 2. The summed E-state index contributed by atoms with van der Waals surface area (Å²) in [5.74, 6) is 0.818. The number of nitrogens with one attached hydrogen (secondary N) is 2. The summed E-state index contributed by atoms with van der Waals surface area (Å²) in [7, 11) is 0. The van der Waals surface area contributed by atoms with Gasteiger partial charge >= 0.3 is 6.03 Å². The highest BCUT2D eigenvalue weighted by Gasteiger charge is 2.30. The lowest BCUT2D eigenvalue weighted by Crippen LogP contribution is -2.49. The Hall–Kier alpha value is -2.05. The van der Waals surface area contributed by atoms with Crippen LogP contribution in [-0.2, 0) is 11.3 Å². The molecule has 1 atom stereocenters. The van der Waals surface area contributed by atoms with Crippen molar-refractivity contribution in [2.24, 2.45) is 5.92 Å². The Morgan fingerprint density at radius 2 is 2.17 bits per heavy atom. The van der Waals surface area contributed by atoms with Crippen LogP contribution in [0.25, 0.3) is 0 Å². The SMILES string of the molecule is CCN(CC)C(=O)C1CCCN(C(=O)NCc2ncc(C)[nH]2)C1. The van der Waals surface area contributed by atoms with E-state index in [-0.39, 0.29) is 17.9 Å². The Kier molecular flexibility index (Phi) is 6.01. The number of H-pyrrole nitrogens is 1. The summed E-state index contributed by atoms with van der Waals surface area (Å²) in [4.78, 5) is 35.6. The molecule has 0 spiro atoms. The molecule has 0 aromatic carbocycles. The maximum atomic E-state index is 12.5. The number of aromatic nitrogens is 2. The summed E-state index contributed by atoms with van der Waals surface area (Å²) in [5.41, 5.74) is 0.970. The predicted molar refractivity (Wildman–Crippen MR) is 87.8 cm³/mol. The van der Waals surface area contributed by atoms with Crippen molar-refractivity contribution < 1.29 is 9.59 Å². The van der Waals surface area contributed by atoms with Crippen molar-refractivity contribution in [1.82, 2.24) is 25.1 Å². The fourth-order valence-corrected chi connectivity index (χ4v) is 2.98. The Bertz CT molecular complexity index is 538. The third kappa shape index (κ3) is 4.46. The van der Waals surface area contributed by atoms with Crippen LogP contribution in [0.5, 0.6) is 0 Å². The van der Waals surface area contributed by atoms with Gasteiger partial charge in [-0.1, -0.05) is 0 Å². The van der Waals surface area contributed by atoms with E-state index in [0.717, 1.165) is 37.4 Å². The zero-order valence-corrected chi connectivity index (χ0v) is 14.3. The molecule has 3 amide bonds. The average molecular weight is 321 g/mol. The molecule has 2 rings (SSSR count). The first kappa shape index (κ1) is 17.3. The second-order valence-electron chi connectivity index (χ2n) is 5.97. The van der Waals surface area contributed by atoms with E-state index < -0.39 is 0 Å². The lowest BCUT2D eigenvalue weighted by molar-refractivity contribution is -0.136. The first-order valence-electron chi connectivity index (χ1n) is 8.37. The van der Waals surface area contributed by atoms with Crippen LogP contribution in [0, 0.1) is 12.8 Å². The molecule has 23 heavy (non-hydrogen) atoms. The summed E-state index contributed by atoms with van der Waals surface area (Å²) in [5, 5.41) is 2.87. The van der Waals surface area contributed by atoms with Crippen LogP contribution < -0.4 is 5.32 Å². The topological polar surface area (TPSA) is 81.3 Å². The van der Waals surface area contributed by atoms with Gasteiger partial charge in [0, 0.05) is 38.1 Å². The first-order valence-corrected chi connectivity index (χ1v) is 8.37. The molecule has 1 saturated heterocycles. The highest BCUT2D eigenvalue weighted by Crippen LogP contribution is 2.19. The zero-order valence-electron chi connectivity index (χ0n) is 14.3. The third-order valence-electron chi connectivity index (χ3n) is 4.30. The van der Waals surface area contributed by atoms with Gasteiger partial charge in [-0.15, -0.1) is 0 Å². The van der Waals surface area contributed by atoms with Gasteiger partial charge in [0.2, 0.25) is 5.91 Å². The van der Waals surface area contributed by atoms with Gasteiger partial charge < -0.3 is 20.1 Å². The largest absolute Gasteiger partial charge is 0.345 e. The summed E-state index contributed by atoms with van der Waals surface area (Å²) in [6, 6.07) is -0.129. The fraction of sp³-hybridized carbons (Fsp3) is 0.688. The van der Waals surface area contributed by atoms with Crippen molar-refractivity contribution in [2.75, 3.05) is 26.2 Å². The van der Waals surface area contributed by atoms with E-state index >= 15 is 0 Å². The molecule has 0 bridgehead atoms.